The molecule has 88 valence electrons. The molecule has 0 saturated heterocycles. The van der Waals surface area contributed by atoms with Gasteiger partial charge in [0.2, 0.25) is 0 Å². The fourth-order valence-corrected chi connectivity index (χ4v) is 1.67. The van der Waals surface area contributed by atoms with Crippen molar-refractivity contribution in [2.24, 2.45) is 0 Å². The van der Waals surface area contributed by atoms with Crippen LogP contribution in [-0.4, -0.2) is 28.1 Å². The van der Waals surface area contributed by atoms with Crippen LogP contribution in [0.25, 0.3) is 0 Å². The predicted molar refractivity (Wildman–Crippen MR) is 65.6 cm³/mol. The molecule has 2 rings (SSSR count). The van der Waals surface area contributed by atoms with Crippen LogP contribution < -0.4 is 0 Å². The normalized spacial score (nSPS) is 10.2. The second-order valence-electron chi connectivity index (χ2n) is 4.07. The van der Waals surface area contributed by atoms with Crippen LogP contribution in [0.15, 0.2) is 36.4 Å². The van der Waals surface area contributed by atoms with Crippen LogP contribution in [-0.2, 0) is 6.54 Å². The van der Waals surface area contributed by atoms with Gasteiger partial charge in [-0.05, 0) is 25.1 Å². The molecular formula is C13H15N3O. The van der Waals surface area contributed by atoms with Gasteiger partial charge in [-0.25, -0.2) is 0 Å². The molecule has 0 unspecified atom stereocenters. The van der Waals surface area contributed by atoms with Crippen LogP contribution in [0.4, 0.5) is 0 Å². The monoisotopic (exact) mass is 229 g/mol. The molecule has 1 amide bonds. The number of hydrogen-bond donors (Lipinski definition) is 1. The van der Waals surface area contributed by atoms with Crippen molar-refractivity contribution >= 4 is 5.91 Å². The highest BCUT2D eigenvalue weighted by molar-refractivity contribution is 5.93. The molecule has 0 aliphatic carbocycles. The van der Waals surface area contributed by atoms with Crippen LogP contribution >= 0.6 is 0 Å². The minimum atomic E-state index is 0.00579. The third kappa shape index (κ3) is 2.72. The highest BCUT2D eigenvalue weighted by Gasteiger charge is 2.12. The Morgan fingerprint density at radius 2 is 2.06 bits per heavy atom. The summed E-state index contributed by atoms with van der Waals surface area (Å²) in [7, 11) is 1.78. The van der Waals surface area contributed by atoms with Crippen LogP contribution in [0, 0.1) is 6.92 Å². The van der Waals surface area contributed by atoms with Crippen molar-refractivity contribution in [2.45, 2.75) is 13.5 Å². The van der Waals surface area contributed by atoms with E-state index in [4.69, 9.17) is 0 Å². The Bertz CT molecular complexity index is 504. The van der Waals surface area contributed by atoms with Gasteiger partial charge in [0.05, 0.1) is 12.2 Å². The van der Waals surface area contributed by atoms with E-state index in [1.54, 1.807) is 11.9 Å². The van der Waals surface area contributed by atoms with E-state index in [1.165, 1.54) is 0 Å². The quantitative estimate of drug-likeness (QED) is 0.875. The zero-order valence-corrected chi connectivity index (χ0v) is 9.97. The molecule has 0 fully saturated rings. The van der Waals surface area contributed by atoms with Crippen LogP contribution in [0.5, 0.6) is 0 Å². The molecule has 0 spiro atoms. The summed E-state index contributed by atoms with van der Waals surface area (Å²) in [5, 5.41) is 6.98. The average molecular weight is 229 g/mol. The molecule has 1 N–H and O–H groups in total. The molecule has 0 aliphatic heterocycles. The molecule has 4 nitrogen and oxygen atoms in total. The summed E-state index contributed by atoms with van der Waals surface area (Å²) in [6, 6.07) is 11.2. The van der Waals surface area contributed by atoms with Gasteiger partial charge < -0.3 is 4.90 Å². The highest BCUT2D eigenvalue weighted by Crippen LogP contribution is 2.07. The first-order valence-corrected chi connectivity index (χ1v) is 5.48. The molecule has 4 heteroatoms. The van der Waals surface area contributed by atoms with Gasteiger partial charge in [-0.1, -0.05) is 18.2 Å². The predicted octanol–water partition coefficient (Wildman–Crippen LogP) is 1.99. The number of hydrogen-bond acceptors (Lipinski definition) is 2. The van der Waals surface area contributed by atoms with E-state index < -0.39 is 0 Å². The Morgan fingerprint density at radius 3 is 2.65 bits per heavy atom. The lowest BCUT2D eigenvalue weighted by Crippen LogP contribution is -2.26. The lowest BCUT2D eigenvalue weighted by Gasteiger charge is -2.15. The SMILES string of the molecule is Cc1cc(CN(C)C(=O)c2ccccc2)n[nH]1. The van der Waals surface area contributed by atoms with E-state index in [1.807, 2.05) is 43.3 Å². The van der Waals surface area contributed by atoms with Crippen LogP contribution in [0.2, 0.25) is 0 Å². The first kappa shape index (κ1) is 11.4. The van der Waals surface area contributed by atoms with Gasteiger partial charge in [0.15, 0.2) is 0 Å². The van der Waals surface area contributed by atoms with Crippen molar-refractivity contribution < 1.29 is 4.79 Å². The van der Waals surface area contributed by atoms with Gasteiger partial charge >= 0.3 is 0 Å². The minimum Gasteiger partial charge on any atom is -0.336 e. The first-order valence-electron chi connectivity index (χ1n) is 5.48. The summed E-state index contributed by atoms with van der Waals surface area (Å²) in [5.41, 5.74) is 2.57. The number of amides is 1. The summed E-state index contributed by atoms with van der Waals surface area (Å²) in [4.78, 5) is 13.7. The number of benzene rings is 1. The highest BCUT2D eigenvalue weighted by atomic mass is 16.2. The van der Waals surface area contributed by atoms with Crippen molar-refractivity contribution in [1.82, 2.24) is 15.1 Å². The number of carbonyl (C=O) groups excluding carboxylic acids is 1. The molecule has 1 aromatic heterocycles. The molecule has 17 heavy (non-hydrogen) atoms. The van der Waals surface area contributed by atoms with Crippen LogP contribution in [0.3, 0.4) is 0 Å². The van der Waals surface area contributed by atoms with Gasteiger partial charge in [-0.15, -0.1) is 0 Å². The van der Waals surface area contributed by atoms with Crippen molar-refractivity contribution in [3.63, 3.8) is 0 Å². The fourth-order valence-electron chi connectivity index (χ4n) is 1.67. The van der Waals surface area contributed by atoms with Gasteiger partial charge in [0, 0.05) is 18.3 Å². The number of rotatable bonds is 3. The third-order valence-electron chi connectivity index (χ3n) is 2.53. The van der Waals surface area contributed by atoms with Gasteiger partial charge in [0.25, 0.3) is 5.91 Å². The summed E-state index contributed by atoms with van der Waals surface area (Å²) < 4.78 is 0. The van der Waals surface area contributed by atoms with Crippen molar-refractivity contribution in [3.8, 4) is 0 Å². The summed E-state index contributed by atoms with van der Waals surface area (Å²) >= 11 is 0. The number of nitrogens with zero attached hydrogens (tertiary/aromatic N) is 2. The van der Waals surface area contributed by atoms with Crippen molar-refractivity contribution in [2.75, 3.05) is 7.05 Å². The van der Waals surface area contributed by atoms with Crippen LogP contribution in [0.1, 0.15) is 21.7 Å². The Hall–Kier alpha value is -2.10. The average Bonchev–Trinajstić information content (AvgIpc) is 2.75. The maximum Gasteiger partial charge on any atom is 0.253 e. The minimum absolute atomic E-state index is 0.00579. The first-order chi connectivity index (χ1) is 8.16. The number of aromatic amines is 1. The number of aromatic nitrogens is 2. The molecule has 1 heterocycles. The second kappa shape index (κ2) is 4.82. The number of carbonyl (C=O) groups is 1. The molecular weight excluding hydrogens is 214 g/mol. The topological polar surface area (TPSA) is 49.0 Å². The van der Waals surface area contributed by atoms with E-state index in [0.29, 0.717) is 12.1 Å². The Morgan fingerprint density at radius 1 is 1.35 bits per heavy atom. The molecule has 0 aliphatic rings. The van der Waals surface area contributed by atoms with Gasteiger partial charge in [-0.2, -0.15) is 5.10 Å². The Labute approximate surface area is 100 Å². The summed E-state index contributed by atoms with van der Waals surface area (Å²) in [6.45, 7) is 2.45. The van der Waals surface area contributed by atoms with E-state index in [9.17, 15) is 4.79 Å². The van der Waals surface area contributed by atoms with E-state index >= 15 is 0 Å². The lowest BCUT2D eigenvalue weighted by atomic mass is 10.2. The number of nitrogens with one attached hydrogen (secondary N) is 1. The lowest BCUT2D eigenvalue weighted by molar-refractivity contribution is 0.0783. The van der Waals surface area contributed by atoms with Gasteiger partial charge in [-0.3, -0.25) is 9.89 Å². The summed E-state index contributed by atoms with van der Waals surface area (Å²) in [5.74, 6) is 0.00579. The molecule has 2 aromatic rings. The van der Waals surface area contributed by atoms with Gasteiger partial charge in [0.1, 0.15) is 0 Å². The largest absolute Gasteiger partial charge is 0.336 e. The van der Waals surface area contributed by atoms with Crippen molar-refractivity contribution in [1.29, 1.82) is 0 Å². The summed E-state index contributed by atoms with van der Waals surface area (Å²) in [6.07, 6.45) is 0. The molecule has 1 aromatic carbocycles. The molecule has 0 radical (unpaired) electrons. The molecule has 0 saturated carbocycles. The van der Waals surface area contributed by atoms with E-state index in [-0.39, 0.29) is 5.91 Å². The van der Waals surface area contributed by atoms with E-state index in [0.717, 1.165) is 11.4 Å². The second-order valence-corrected chi connectivity index (χ2v) is 4.07. The van der Waals surface area contributed by atoms with E-state index in [2.05, 4.69) is 10.2 Å². The zero-order chi connectivity index (χ0) is 12.3. The number of H-pyrrole nitrogens is 1. The molecule has 0 bridgehead atoms. The Balaban J connectivity index is 2.06. The smallest absolute Gasteiger partial charge is 0.253 e. The zero-order valence-electron chi connectivity index (χ0n) is 9.97. The number of aryl methyl sites for hydroxylation is 1. The molecule has 0 atom stereocenters. The fraction of sp³-hybridized carbons (Fsp3) is 0.231. The maximum atomic E-state index is 12.0. The Kier molecular flexibility index (Phi) is 3.23. The van der Waals surface area contributed by atoms with Crippen molar-refractivity contribution in [3.05, 3.63) is 53.3 Å². The standard InChI is InChI=1S/C13H15N3O/c1-10-8-12(15-14-10)9-16(2)13(17)11-6-4-3-5-7-11/h3-8H,9H2,1-2H3,(H,14,15). The third-order valence-corrected chi connectivity index (χ3v) is 2.53. The maximum absolute atomic E-state index is 12.0.